The van der Waals surface area contributed by atoms with Crippen LogP contribution in [-0.4, -0.2) is 35.5 Å². The lowest BCUT2D eigenvalue weighted by Gasteiger charge is -2.10. The van der Waals surface area contributed by atoms with Gasteiger partial charge in [-0.05, 0) is 25.1 Å². The van der Waals surface area contributed by atoms with Gasteiger partial charge in [-0.3, -0.25) is 9.36 Å². The van der Waals surface area contributed by atoms with E-state index in [9.17, 15) is 9.36 Å². The highest BCUT2D eigenvalue weighted by atomic mass is 31.2. The number of benzene rings is 1. The monoisotopic (exact) mass is 348 g/mol. The van der Waals surface area contributed by atoms with Gasteiger partial charge in [0.25, 0.3) is 5.91 Å². The number of rotatable bonds is 6. The van der Waals surface area contributed by atoms with Crippen molar-refractivity contribution in [1.29, 1.82) is 0 Å². The Morgan fingerprint density at radius 3 is 2.30 bits per heavy atom. The Hall–Kier alpha value is -1.40. The predicted octanol–water partition coefficient (Wildman–Crippen LogP) is 1.89. The molecule has 0 unspecified atom stereocenters. The van der Waals surface area contributed by atoms with Crippen LogP contribution in [0.25, 0.3) is 0 Å². The van der Waals surface area contributed by atoms with Crippen molar-refractivity contribution in [2.75, 3.05) is 25.5 Å². The van der Waals surface area contributed by atoms with Crippen LogP contribution in [0.15, 0.2) is 18.2 Å². The zero-order chi connectivity index (χ0) is 18.5. The molecule has 0 aliphatic carbocycles. The number of anilines is 1. The molecule has 1 aromatic carbocycles. The standard InChI is InChI=1S/C11H17N2O5P.2C2H6/c1-2-18-6-5-13-11(14)8-3-4-9(12)10(7-8)19(15,16)17;2*1-2/h3-4,7H,2,5-6,12H2,1H3,(H,13,14)(H2,15,16,17);2*1-2H3. The summed E-state index contributed by atoms with van der Waals surface area (Å²) in [6.45, 7) is 11.1. The molecular weight excluding hydrogens is 319 g/mol. The van der Waals surface area contributed by atoms with Crippen molar-refractivity contribution in [1.82, 2.24) is 5.32 Å². The Morgan fingerprint density at radius 1 is 1.26 bits per heavy atom. The molecule has 0 saturated carbocycles. The summed E-state index contributed by atoms with van der Waals surface area (Å²) in [5.74, 6) is -0.436. The molecule has 0 bridgehead atoms. The molecule has 134 valence electrons. The van der Waals surface area contributed by atoms with Gasteiger partial charge in [0.15, 0.2) is 0 Å². The second-order valence-electron chi connectivity index (χ2n) is 3.77. The van der Waals surface area contributed by atoms with Crippen molar-refractivity contribution in [3.8, 4) is 0 Å². The minimum absolute atomic E-state index is 0.0424. The average molecular weight is 348 g/mol. The molecule has 5 N–H and O–H groups in total. The molecule has 1 aromatic rings. The summed E-state index contributed by atoms with van der Waals surface area (Å²) in [7, 11) is -4.49. The molecule has 0 aromatic heterocycles. The van der Waals surface area contributed by atoms with Gasteiger partial charge in [-0.25, -0.2) is 0 Å². The predicted molar refractivity (Wildman–Crippen MR) is 94.1 cm³/mol. The van der Waals surface area contributed by atoms with E-state index >= 15 is 0 Å². The Balaban J connectivity index is 0. The third-order valence-corrected chi connectivity index (χ3v) is 3.36. The van der Waals surface area contributed by atoms with Crippen molar-refractivity contribution in [3.05, 3.63) is 23.8 Å². The average Bonchev–Trinajstić information content (AvgIpc) is 2.54. The van der Waals surface area contributed by atoms with Crippen LogP contribution in [-0.2, 0) is 9.30 Å². The van der Waals surface area contributed by atoms with Crippen molar-refractivity contribution >= 4 is 24.5 Å². The van der Waals surface area contributed by atoms with Crippen LogP contribution in [0.2, 0.25) is 0 Å². The zero-order valence-electron chi connectivity index (χ0n) is 14.5. The van der Waals surface area contributed by atoms with Crippen LogP contribution < -0.4 is 16.4 Å². The zero-order valence-corrected chi connectivity index (χ0v) is 15.4. The lowest BCUT2D eigenvalue weighted by atomic mass is 10.2. The van der Waals surface area contributed by atoms with Crippen LogP contribution in [0.1, 0.15) is 45.0 Å². The second kappa shape index (κ2) is 13.1. The first-order valence-corrected chi connectivity index (χ1v) is 9.29. The van der Waals surface area contributed by atoms with Crippen LogP contribution in [0, 0.1) is 0 Å². The molecule has 1 rings (SSSR count). The van der Waals surface area contributed by atoms with Crippen molar-refractivity contribution in [2.24, 2.45) is 0 Å². The Labute approximate surface area is 138 Å². The fourth-order valence-corrected chi connectivity index (χ4v) is 2.14. The number of carbonyl (C=O) groups excluding carboxylic acids is 1. The molecule has 0 saturated heterocycles. The van der Waals surface area contributed by atoms with Gasteiger partial charge in [0.2, 0.25) is 0 Å². The van der Waals surface area contributed by atoms with Gasteiger partial charge in [0.1, 0.15) is 0 Å². The van der Waals surface area contributed by atoms with E-state index in [1.54, 1.807) is 0 Å². The number of nitrogens with one attached hydrogen (secondary N) is 1. The number of carbonyl (C=O) groups is 1. The molecule has 23 heavy (non-hydrogen) atoms. The maximum absolute atomic E-state index is 11.7. The van der Waals surface area contributed by atoms with Gasteiger partial charge < -0.3 is 25.6 Å². The fourth-order valence-electron chi connectivity index (χ4n) is 1.42. The summed E-state index contributed by atoms with van der Waals surface area (Å²) in [6, 6.07) is 3.81. The molecule has 0 heterocycles. The molecular formula is C15H29N2O5P. The summed E-state index contributed by atoms with van der Waals surface area (Å²) < 4.78 is 16.2. The van der Waals surface area contributed by atoms with Gasteiger partial charge >= 0.3 is 7.60 Å². The minimum atomic E-state index is -4.49. The third-order valence-electron chi connectivity index (χ3n) is 2.34. The highest BCUT2D eigenvalue weighted by Crippen LogP contribution is 2.35. The number of hydrogen-bond acceptors (Lipinski definition) is 4. The second-order valence-corrected chi connectivity index (χ2v) is 5.34. The van der Waals surface area contributed by atoms with E-state index in [0.717, 1.165) is 6.07 Å². The van der Waals surface area contributed by atoms with E-state index in [0.29, 0.717) is 19.8 Å². The lowest BCUT2D eigenvalue weighted by molar-refractivity contribution is 0.0922. The first-order chi connectivity index (χ1) is 10.9. The maximum Gasteiger partial charge on any atom is 0.358 e. The van der Waals surface area contributed by atoms with Crippen LogP contribution >= 0.6 is 7.60 Å². The van der Waals surface area contributed by atoms with Crippen LogP contribution in [0.3, 0.4) is 0 Å². The Bertz CT molecular complexity index is 503. The summed E-state index contributed by atoms with van der Waals surface area (Å²) in [5, 5.41) is 2.23. The van der Waals surface area contributed by atoms with Gasteiger partial charge in [-0.15, -0.1) is 0 Å². The summed E-state index contributed by atoms with van der Waals surface area (Å²) in [5.41, 5.74) is 5.57. The normalized spacial score (nSPS) is 9.87. The summed E-state index contributed by atoms with van der Waals surface area (Å²) >= 11 is 0. The number of nitrogens with two attached hydrogens (primary N) is 1. The highest BCUT2D eigenvalue weighted by molar-refractivity contribution is 7.60. The number of amides is 1. The summed E-state index contributed by atoms with van der Waals surface area (Å²) in [6.07, 6.45) is 0. The fraction of sp³-hybridized carbons (Fsp3) is 0.533. The number of ether oxygens (including phenoxy) is 1. The van der Waals surface area contributed by atoms with Crippen LogP contribution in [0.4, 0.5) is 5.69 Å². The van der Waals surface area contributed by atoms with Gasteiger partial charge in [-0.2, -0.15) is 0 Å². The molecule has 0 radical (unpaired) electrons. The Kier molecular flexibility index (Phi) is 13.6. The third kappa shape index (κ3) is 9.36. The molecule has 0 aliphatic heterocycles. The maximum atomic E-state index is 11.7. The number of nitrogen functional groups attached to an aromatic ring is 1. The molecule has 0 atom stereocenters. The van der Waals surface area contributed by atoms with E-state index in [1.807, 2.05) is 34.6 Å². The highest BCUT2D eigenvalue weighted by Gasteiger charge is 2.22. The van der Waals surface area contributed by atoms with Crippen molar-refractivity contribution in [3.63, 3.8) is 0 Å². The van der Waals surface area contributed by atoms with Gasteiger partial charge in [0, 0.05) is 24.4 Å². The van der Waals surface area contributed by atoms with Gasteiger partial charge in [-0.1, -0.05) is 27.7 Å². The quantitative estimate of drug-likeness (QED) is 0.354. The number of hydrogen-bond donors (Lipinski definition) is 4. The first-order valence-electron chi connectivity index (χ1n) is 7.68. The molecule has 7 nitrogen and oxygen atoms in total. The molecule has 0 aliphatic rings. The Morgan fingerprint density at radius 2 is 1.83 bits per heavy atom. The SMILES string of the molecule is CC.CC.CCOCCNC(=O)c1ccc(N)c(P(=O)(O)O)c1. The van der Waals surface area contributed by atoms with E-state index in [1.165, 1.54) is 12.1 Å². The molecule has 8 heteroatoms. The van der Waals surface area contributed by atoms with Gasteiger partial charge in [0.05, 0.1) is 11.9 Å². The topological polar surface area (TPSA) is 122 Å². The molecule has 1 amide bonds. The van der Waals surface area contributed by atoms with Crippen molar-refractivity contribution in [2.45, 2.75) is 34.6 Å². The van der Waals surface area contributed by atoms with E-state index in [-0.39, 0.29) is 16.6 Å². The lowest BCUT2D eigenvalue weighted by Crippen LogP contribution is -2.28. The van der Waals surface area contributed by atoms with E-state index < -0.39 is 13.5 Å². The van der Waals surface area contributed by atoms with E-state index in [2.05, 4.69) is 5.32 Å². The summed E-state index contributed by atoms with van der Waals surface area (Å²) in [4.78, 5) is 29.9. The minimum Gasteiger partial charge on any atom is -0.398 e. The smallest absolute Gasteiger partial charge is 0.358 e. The molecule has 0 fully saturated rings. The van der Waals surface area contributed by atoms with Crippen molar-refractivity contribution < 1.29 is 23.9 Å². The van der Waals surface area contributed by atoms with Crippen LogP contribution in [0.5, 0.6) is 0 Å². The van der Waals surface area contributed by atoms with E-state index in [4.69, 9.17) is 20.3 Å². The molecule has 0 spiro atoms. The first kappa shape index (κ1) is 23.9. The largest absolute Gasteiger partial charge is 0.398 e.